The minimum absolute atomic E-state index is 0.132. The van der Waals surface area contributed by atoms with Crippen molar-refractivity contribution >= 4 is 0 Å². The molecule has 1 aliphatic rings. The fourth-order valence-electron chi connectivity index (χ4n) is 2.01. The summed E-state index contributed by atoms with van der Waals surface area (Å²) in [7, 11) is 0. The molecule has 3 heteroatoms. The Morgan fingerprint density at radius 2 is 2.12 bits per heavy atom. The molecule has 1 aromatic carbocycles. The lowest BCUT2D eigenvalue weighted by Gasteiger charge is -2.18. The van der Waals surface area contributed by atoms with Crippen LogP contribution in [-0.2, 0) is 5.54 Å². The number of halogens is 1. The van der Waals surface area contributed by atoms with Crippen molar-refractivity contribution in [3.05, 3.63) is 35.6 Å². The van der Waals surface area contributed by atoms with E-state index in [-0.39, 0.29) is 11.4 Å². The van der Waals surface area contributed by atoms with Crippen molar-refractivity contribution in [1.29, 1.82) is 5.26 Å². The lowest BCUT2D eigenvalue weighted by Crippen LogP contribution is -2.30. The molecule has 2 rings (SSSR count). The van der Waals surface area contributed by atoms with Crippen LogP contribution in [0.15, 0.2) is 24.3 Å². The molecule has 0 atom stereocenters. The first kappa shape index (κ1) is 11.1. The highest BCUT2D eigenvalue weighted by Gasteiger charge is 2.45. The maximum Gasteiger partial charge on any atom is 0.128 e. The van der Waals surface area contributed by atoms with Crippen molar-refractivity contribution in [2.45, 2.75) is 31.2 Å². The molecule has 0 amide bonds. The Bertz CT molecular complexity index is 405. The molecule has 1 aromatic rings. The normalized spacial score (nSPS) is 16.8. The summed E-state index contributed by atoms with van der Waals surface area (Å²) in [5.74, 6) is -0.132. The van der Waals surface area contributed by atoms with Gasteiger partial charge in [-0.05, 0) is 31.9 Å². The molecule has 0 saturated heterocycles. The Morgan fingerprint density at radius 1 is 1.38 bits per heavy atom. The zero-order chi connectivity index (χ0) is 11.4. The summed E-state index contributed by atoms with van der Waals surface area (Å²) in [6.45, 7) is 0.780. The third kappa shape index (κ3) is 2.23. The SMILES string of the molecule is N#CCCCNC1(c2ccccc2F)CC1. The van der Waals surface area contributed by atoms with Crippen molar-refractivity contribution in [2.75, 3.05) is 6.54 Å². The van der Waals surface area contributed by atoms with Gasteiger partial charge in [-0.3, -0.25) is 0 Å². The summed E-state index contributed by atoms with van der Waals surface area (Å²) in [5.41, 5.74) is 0.618. The quantitative estimate of drug-likeness (QED) is 0.771. The molecule has 1 aliphatic carbocycles. The molecule has 1 fully saturated rings. The lowest BCUT2D eigenvalue weighted by atomic mass is 10.0. The number of unbranched alkanes of at least 4 members (excludes halogenated alkanes) is 1. The van der Waals surface area contributed by atoms with E-state index in [0.29, 0.717) is 6.42 Å². The number of rotatable bonds is 5. The zero-order valence-electron chi connectivity index (χ0n) is 9.17. The summed E-state index contributed by atoms with van der Waals surface area (Å²) in [5, 5.41) is 11.8. The smallest absolute Gasteiger partial charge is 0.128 e. The minimum atomic E-state index is -0.152. The van der Waals surface area contributed by atoms with Crippen LogP contribution in [0.5, 0.6) is 0 Å². The van der Waals surface area contributed by atoms with E-state index in [1.54, 1.807) is 6.07 Å². The fraction of sp³-hybridized carbons (Fsp3) is 0.462. The van der Waals surface area contributed by atoms with E-state index in [9.17, 15) is 4.39 Å². The van der Waals surface area contributed by atoms with Gasteiger partial charge in [-0.1, -0.05) is 18.2 Å². The van der Waals surface area contributed by atoms with E-state index in [0.717, 1.165) is 31.4 Å². The first-order chi connectivity index (χ1) is 7.78. The largest absolute Gasteiger partial charge is 0.307 e. The summed E-state index contributed by atoms with van der Waals surface area (Å²) in [6, 6.07) is 9.05. The van der Waals surface area contributed by atoms with Gasteiger partial charge in [0.25, 0.3) is 0 Å². The predicted molar refractivity (Wildman–Crippen MR) is 60.2 cm³/mol. The van der Waals surface area contributed by atoms with E-state index >= 15 is 0 Å². The van der Waals surface area contributed by atoms with E-state index < -0.39 is 0 Å². The van der Waals surface area contributed by atoms with Gasteiger partial charge in [-0.25, -0.2) is 4.39 Å². The molecule has 2 nitrogen and oxygen atoms in total. The third-order valence-corrected chi connectivity index (χ3v) is 3.07. The second-order valence-electron chi connectivity index (χ2n) is 4.25. The molecular formula is C13H15FN2. The topological polar surface area (TPSA) is 35.8 Å². The van der Waals surface area contributed by atoms with Crippen molar-refractivity contribution < 1.29 is 4.39 Å². The monoisotopic (exact) mass is 218 g/mol. The molecule has 1 saturated carbocycles. The summed E-state index contributed by atoms with van der Waals surface area (Å²) in [4.78, 5) is 0. The highest BCUT2D eigenvalue weighted by Crippen LogP contribution is 2.46. The highest BCUT2D eigenvalue weighted by molar-refractivity contribution is 5.31. The van der Waals surface area contributed by atoms with Crippen LogP contribution >= 0.6 is 0 Å². The average molecular weight is 218 g/mol. The Kier molecular flexibility index (Phi) is 3.21. The Hall–Kier alpha value is -1.40. The van der Waals surface area contributed by atoms with Gasteiger partial charge >= 0.3 is 0 Å². The highest BCUT2D eigenvalue weighted by atomic mass is 19.1. The van der Waals surface area contributed by atoms with Gasteiger partial charge in [-0.2, -0.15) is 5.26 Å². The molecule has 16 heavy (non-hydrogen) atoms. The first-order valence-electron chi connectivity index (χ1n) is 5.65. The van der Waals surface area contributed by atoms with Crippen LogP contribution in [-0.4, -0.2) is 6.54 Å². The van der Waals surface area contributed by atoms with Gasteiger partial charge in [0.05, 0.1) is 6.07 Å². The zero-order valence-corrected chi connectivity index (χ0v) is 9.17. The first-order valence-corrected chi connectivity index (χ1v) is 5.65. The Labute approximate surface area is 95.1 Å². The molecule has 1 N–H and O–H groups in total. The molecule has 0 bridgehead atoms. The Balaban J connectivity index is 1.98. The molecule has 0 heterocycles. The fourth-order valence-corrected chi connectivity index (χ4v) is 2.01. The second-order valence-corrected chi connectivity index (χ2v) is 4.25. The second kappa shape index (κ2) is 4.63. The predicted octanol–water partition coefficient (Wildman–Crippen LogP) is 2.71. The van der Waals surface area contributed by atoms with Crippen LogP contribution in [0.1, 0.15) is 31.2 Å². The van der Waals surface area contributed by atoms with E-state index in [1.807, 2.05) is 12.1 Å². The molecule has 0 unspecified atom stereocenters. The van der Waals surface area contributed by atoms with Gasteiger partial charge in [0.15, 0.2) is 0 Å². The summed E-state index contributed by atoms with van der Waals surface area (Å²) >= 11 is 0. The molecule has 0 aliphatic heterocycles. The maximum absolute atomic E-state index is 13.6. The van der Waals surface area contributed by atoms with Gasteiger partial charge < -0.3 is 5.32 Å². The maximum atomic E-state index is 13.6. The van der Waals surface area contributed by atoms with Crippen molar-refractivity contribution in [3.63, 3.8) is 0 Å². The van der Waals surface area contributed by atoms with Crippen molar-refractivity contribution in [2.24, 2.45) is 0 Å². The van der Waals surface area contributed by atoms with E-state index in [4.69, 9.17) is 5.26 Å². The van der Waals surface area contributed by atoms with Gasteiger partial charge in [0.1, 0.15) is 5.82 Å². The molecular weight excluding hydrogens is 203 g/mol. The number of hydrogen-bond acceptors (Lipinski definition) is 2. The van der Waals surface area contributed by atoms with Crippen LogP contribution in [0.4, 0.5) is 4.39 Å². The van der Waals surface area contributed by atoms with Crippen LogP contribution < -0.4 is 5.32 Å². The van der Waals surface area contributed by atoms with Gasteiger partial charge in [0, 0.05) is 17.5 Å². The number of nitrogens with one attached hydrogen (secondary N) is 1. The number of benzene rings is 1. The Morgan fingerprint density at radius 3 is 2.75 bits per heavy atom. The third-order valence-electron chi connectivity index (χ3n) is 3.07. The van der Waals surface area contributed by atoms with Crippen LogP contribution in [0.25, 0.3) is 0 Å². The number of hydrogen-bond donors (Lipinski definition) is 1. The van der Waals surface area contributed by atoms with Crippen LogP contribution in [0.2, 0.25) is 0 Å². The van der Waals surface area contributed by atoms with Gasteiger partial charge in [0.2, 0.25) is 0 Å². The van der Waals surface area contributed by atoms with Gasteiger partial charge in [-0.15, -0.1) is 0 Å². The molecule has 0 radical (unpaired) electrons. The molecule has 0 spiro atoms. The summed E-state index contributed by atoms with van der Waals surface area (Å²) in [6.07, 6.45) is 3.36. The standard InChI is InChI=1S/C13H15FN2/c14-12-6-2-1-5-11(12)13(7-8-13)16-10-4-3-9-15/h1-2,5-6,16H,3-4,7-8,10H2. The molecule has 84 valence electrons. The number of nitrogens with zero attached hydrogens (tertiary/aromatic N) is 1. The van der Waals surface area contributed by atoms with E-state index in [1.165, 1.54) is 6.07 Å². The lowest BCUT2D eigenvalue weighted by molar-refractivity contribution is 0.481. The summed E-state index contributed by atoms with van der Waals surface area (Å²) < 4.78 is 13.6. The minimum Gasteiger partial charge on any atom is -0.307 e. The average Bonchev–Trinajstić information content (AvgIpc) is 3.06. The van der Waals surface area contributed by atoms with Crippen LogP contribution in [0.3, 0.4) is 0 Å². The van der Waals surface area contributed by atoms with Crippen LogP contribution in [0, 0.1) is 17.1 Å². The molecule has 0 aromatic heterocycles. The van der Waals surface area contributed by atoms with E-state index in [2.05, 4.69) is 11.4 Å². The van der Waals surface area contributed by atoms with Crippen molar-refractivity contribution in [3.8, 4) is 6.07 Å². The number of nitriles is 1. The van der Waals surface area contributed by atoms with Crippen molar-refractivity contribution in [1.82, 2.24) is 5.32 Å².